The molecule has 0 saturated carbocycles. The van der Waals surface area contributed by atoms with Gasteiger partial charge in [-0.05, 0) is 42.8 Å². The summed E-state index contributed by atoms with van der Waals surface area (Å²) < 4.78 is 30.7. The highest BCUT2D eigenvalue weighted by atomic mass is 32.2. The number of hydrogen-bond acceptors (Lipinski definition) is 6. The summed E-state index contributed by atoms with van der Waals surface area (Å²) >= 11 is 5.26. The lowest BCUT2D eigenvalue weighted by atomic mass is 10.1. The summed E-state index contributed by atoms with van der Waals surface area (Å²) in [5, 5.41) is 3.13. The number of methoxy groups -OCH3 is 1. The van der Waals surface area contributed by atoms with E-state index in [1.54, 1.807) is 26.3 Å². The van der Waals surface area contributed by atoms with E-state index in [1.807, 2.05) is 19.1 Å². The van der Waals surface area contributed by atoms with Crippen molar-refractivity contribution in [1.82, 2.24) is 10.2 Å². The average molecular weight is 414 g/mol. The van der Waals surface area contributed by atoms with Crippen molar-refractivity contribution in [1.29, 1.82) is 0 Å². The molecular formula is C18H27N3O4S2. The fourth-order valence-electron chi connectivity index (χ4n) is 2.58. The highest BCUT2D eigenvalue weighted by Gasteiger charge is 2.20. The van der Waals surface area contributed by atoms with Crippen molar-refractivity contribution >= 4 is 33.7 Å². The zero-order valence-corrected chi connectivity index (χ0v) is 17.6. The molecule has 7 nitrogen and oxygen atoms in total. The van der Waals surface area contributed by atoms with Gasteiger partial charge in [0.1, 0.15) is 5.75 Å². The molecule has 1 atom stereocenters. The van der Waals surface area contributed by atoms with Crippen molar-refractivity contribution in [2.24, 2.45) is 4.36 Å². The van der Waals surface area contributed by atoms with Gasteiger partial charge in [0, 0.05) is 13.6 Å². The number of benzene rings is 1. The van der Waals surface area contributed by atoms with Gasteiger partial charge in [-0.15, -0.1) is 0 Å². The zero-order valence-electron chi connectivity index (χ0n) is 16.0. The molecule has 1 N–H and O–H groups in total. The van der Waals surface area contributed by atoms with Gasteiger partial charge in [-0.2, -0.15) is 12.8 Å². The van der Waals surface area contributed by atoms with Crippen LogP contribution in [0.15, 0.2) is 28.6 Å². The molecule has 27 heavy (non-hydrogen) atoms. The van der Waals surface area contributed by atoms with Crippen LogP contribution in [0.5, 0.6) is 5.75 Å². The smallest absolute Gasteiger partial charge is 0.311 e. The summed E-state index contributed by atoms with van der Waals surface area (Å²) in [6.07, 6.45) is 3.12. The van der Waals surface area contributed by atoms with Gasteiger partial charge in [0.25, 0.3) is 0 Å². The topological polar surface area (TPSA) is 88.1 Å². The van der Waals surface area contributed by atoms with E-state index in [0.29, 0.717) is 24.5 Å². The molecule has 0 aliphatic heterocycles. The SMILES string of the molecule is CCCCC(CCN(C(=O)Cc1ccc(OC)cc1)C(=S)NC)N=S(=O)=O. The van der Waals surface area contributed by atoms with Crippen LogP contribution in [-0.2, 0) is 21.7 Å². The molecule has 0 aromatic heterocycles. The Hall–Kier alpha value is -2.00. The van der Waals surface area contributed by atoms with E-state index in [2.05, 4.69) is 9.68 Å². The number of rotatable bonds is 10. The molecule has 1 aromatic carbocycles. The van der Waals surface area contributed by atoms with Crippen LogP contribution in [0.25, 0.3) is 0 Å². The summed E-state index contributed by atoms with van der Waals surface area (Å²) in [6, 6.07) is 6.91. The zero-order chi connectivity index (χ0) is 20.2. The van der Waals surface area contributed by atoms with Crippen LogP contribution >= 0.6 is 12.2 Å². The molecule has 150 valence electrons. The number of amides is 1. The number of hydrogen-bond donors (Lipinski definition) is 1. The molecule has 0 aliphatic rings. The van der Waals surface area contributed by atoms with Gasteiger partial charge in [-0.1, -0.05) is 31.9 Å². The number of thiocarbonyl (C=S) groups is 1. The van der Waals surface area contributed by atoms with Gasteiger partial charge in [-0.25, -0.2) is 0 Å². The first-order valence-corrected chi connectivity index (χ1v) is 10.3. The Kier molecular flexibility index (Phi) is 10.6. The standard InChI is InChI=1S/C18H27N3O4S2/c1-4-5-6-15(20-27(23)24)11-12-21(18(26)19-2)17(22)13-14-7-9-16(25-3)10-8-14/h7-10,15H,4-6,11-13H2,1-3H3,(H,19,26). The maximum Gasteiger partial charge on any atom is 0.311 e. The van der Waals surface area contributed by atoms with E-state index in [9.17, 15) is 13.2 Å². The predicted molar refractivity (Wildman–Crippen MR) is 109 cm³/mol. The molecule has 0 spiro atoms. The molecular weight excluding hydrogens is 386 g/mol. The second-order valence-electron chi connectivity index (χ2n) is 6.03. The van der Waals surface area contributed by atoms with Crippen LogP contribution in [0, 0.1) is 0 Å². The van der Waals surface area contributed by atoms with E-state index >= 15 is 0 Å². The first-order chi connectivity index (χ1) is 12.9. The van der Waals surface area contributed by atoms with Crippen molar-refractivity contribution in [3.8, 4) is 5.75 Å². The largest absolute Gasteiger partial charge is 0.497 e. The second-order valence-corrected chi connectivity index (χ2v) is 7.06. The van der Waals surface area contributed by atoms with Crippen LogP contribution in [0.3, 0.4) is 0 Å². The molecule has 0 aliphatic carbocycles. The van der Waals surface area contributed by atoms with E-state index in [1.165, 1.54) is 4.90 Å². The summed E-state index contributed by atoms with van der Waals surface area (Å²) in [4.78, 5) is 14.2. The summed E-state index contributed by atoms with van der Waals surface area (Å²) in [5.74, 6) is 0.566. The van der Waals surface area contributed by atoms with Crippen molar-refractivity contribution in [2.45, 2.75) is 45.1 Å². The quantitative estimate of drug-likeness (QED) is 0.593. The minimum absolute atomic E-state index is 0.156. The van der Waals surface area contributed by atoms with Gasteiger partial charge >= 0.3 is 10.5 Å². The Morgan fingerprint density at radius 1 is 1.30 bits per heavy atom. The number of nitrogens with one attached hydrogen (secondary N) is 1. The molecule has 1 rings (SSSR count). The summed E-state index contributed by atoms with van der Waals surface area (Å²) in [7, 11) is 0.779. The van der Waals surface area contributed by atoms with E-state index in [4.69, 9.17) is 17.0 Å². The second kappa shape index (κ2) is 12.4. The normalized spacial score (nSPS) is 11.4. The van der Waals surface area contributed by atoms with Gasteiger partial charge in [0.15, 0.2) is 5.11 Å². The van der Waals surface area contributed by atoms with Crippen molar-refractivity contribution in [3.05, 3.63) is 29.8 Å². The van der Waals surface area contributed by atoms with Crippen LogP contribution in [0.1, 0.15) is 38.2 Å². The van der Waals surface area contributed by atoms with Crippen LogP contribution in [-0.4, -0.2) is 51.1 Å². The number of unbranched alkanes of at least 4 members (excludes halogenated alkanes) is 1. The number of carbonyl (C=O) groups is 1. The Morgan fingerprint density at radius 2 is 1.96 bits per heavy atom. The number of carbonyl (C=O) groups excluding carboxylic acids is 1. The Bertz CT molecular complexity index is 740. The number of nitrogens with zero attached hydrogens (tertiary/aromatic N) is 2. The van der Waals surface area contributed by atoms with Crippen LogP contribution in [0.4, 0.5) is 0 Å². The first-order valence-electron chi connectivity index (χ1n) is 8.86. The Labute approximate surface area is 167 Å². The molecule has 0 heterocycles. The van der Waals surface area contributed by atoms with Gasteiger partial charge in [0.2, 0.25) is 5.91 Å². The summed E-state index contributed by atoms with van der Waals surface area (Å²) in [5.41, 5.74) is 0.845. The van der Waals surface area contributed by atoms with Gasteiger partial charge < -0.3 is 10.1 Å². The van der Waals surface area contributed by atoms with Gasteiger partial charge in [-0.3, -0.25) is 9.69 Å². The maximum atomic E-state index is 12.7. The lowest BCUT2D eigenvalue weighted by molar-refractivity contribution is -0.126. The fourth-order valence-corrected chi connectivity index (χ4v) is 3.22. The lowest BCUT2D eigenvalue weighted by Crippen LogP contribution is -2.44. The van der Waals surface area contributed by atoms with Crippen LogP contribution < -0.4 is 10.1 Å². The average Bonchev–Trinajstić information content (AvgIpc) is 2.65. The van der Waals surface area contributed by atoms with Crippen molar-refractivity contribution in [3.63, 3.8) is 0 Å². The highest BCUT2D eigenvalue weighted by Crippen LogP contribution is 2.14. The van der Waals surface area contributed by atoms with Gasteiger partial charge in [0.05, 0.1) is 19.6 Å². The molecule has 9 heteroatoms. The fraction of sp³-hybridized carbons (Fsp3) is 0.556. The monoisotopic (exact) mass is 413 g/mol. The molecule has 1 unspecified atom stereocenters. The van der Waals surface area contributed by atoms with Crippen molar-refractivity contribution in [2.75, 3.05) is 20.7 Å². The molecule has 1 amide bonds. The van der Waals surface area contributed by atoms with E-state index < -0.39 is 10.5 Å². The third-order valence-corrected chi connectivity index (χ3v) is 4.98. The molecule has 1 aromatic rings. The highest BCUT2D eigenvalue weighted by molar-refractivity contribution is 7.80. The summed E-state index contributed by atoms with van der Waals surface area (Å²) in [6.45, 7) is 2.34. The Morgan fingerprint density at radius 3 is 2.48 bits per heavy atom. The van der Waals surface area contributed by atoms with E-state index in [-0.39, 0.29) is 18.4 Å². The molecule has 0 bridgehead atoms. The molecule has 0 radical (unpaired) electrons. The van der Waals surface area contributed by atoms with Crippen molar-refractivity contribution < 1.29 is 17.9 Å². The molecule has 0 saturated heterocycles. The van der Waals surface area contributed by atoms with Crippen LogP contribution in [0.2, 0.25) is 0 Å². The first kappa shape index (κ1) is 23.0. The maximum absolute atomic E-state index is 12.7. The minimum Gasteiger partial charge on any atom is -0.497 e. The third kappa shape index (κ3) is 8.49. The number of ether oxygens (including phenoxy) is 1. The Balaban J connectivity index is 2.82. The third-order valence-electron chi connectivity index (χ3n) is 4.09. The van der Waals surface area contributed by atoms with E-state index in [0.717, 1.165) is 24.2 Å². The lowest BCUT2D eigenvalue weighted by Gasteiger charge is -2.24. The predicted octanol–water partition coefficient (Wildman–Crippen LogP) is 2.58. The molecule has 0 fully saturated rings. The minimum atomic E-state index is -2.46.